The molecule has 0 saturated carbocycles. The third kappa shape index (κ3) is 3.83. The number of anilines is 2. The van der Waals surface area contributed by atoms with Crippen molar-refractivity contribution in [2.24, 2.45) is 0 Å². The molecule has 0 aliphatic rings. The van der Waals surface area contributed by atoms with Gasteiger partial charge in [0.25, 0.3) is 0 Å². The van der Waals surface area contributed by atoms with Crippen LogP contribution in [0, 0.1) is 0 Å². The molecular formula is C15H11Cl2F2NO3. The summed E-state index contributed by atoms with van der Waals surface area (Å²) in [6.07, 6.45) is 0.473. The Morgan fingerprint density at radius 3 is 2.30 bits per heavy atom. The molecule has 4 nitrogen and oxygen atoms in total. The Kier molecular flexibility index (Phi) is 5.63. The highest BCUT2D eigenvalue weighted by atomic mass is 35.5. The molecule has 0 heterocycles. The minimum absolute atomic E-state index is 0.102. The van der Waals surface area contributed by atoms with E-state index in [0.29, 0.717) is 6.41 Å². The lowest BCUT2D eigenvalue weighted by molar-refractivity contribution is -0.106. The first-order valence-electron chi connectivity index (χ1n) is 6.29. The van der Waals surface area contributed by atoms with Gasteiger partial charge in [0, 0.05) is 6.07 Å². The standard InChI is InChI=1S/C15H11Cl2F2NO3/c1-22-12-6-5-9(7-13(12)23-15(18)19)20(8-21)14-10(16)3-2-4-11(14)17/h2-8,15H,1H3. The van der Waals surface area contributed by atoms with Crippen LogP contribution in [0.1, 0.15) is 0 Å². The summed E-state index contributed by atoms with van der Waals surface area (Å²) >= 11 is 12.1. The van der Waals surface area contributed by atoms with Crippen LogP contribution < -0.4 is 14.4 Å². The molecule has 0 atom stereocenters. The van der Waals surface area contributed by atoms with Gasteiger partial charge in [-0.25, -0.2) is 0 Å². The number of halogens is 4. The van der Waals surface area contributed by atoms with Gasteiger partial charge in [0.1, 0.15) is 0 Å². The predicted molar refractivity (Wildman–Crippen MR) is 84.3 cm³/mol. The van der Waals surface area contributed by atoms with Gasteiger partial charge >= 0.3 is 6.61 Å². The maximum atomic E-state index is 12.5. The van der Waals surface area contributed by atoms with E-state index in [-0.39, 0.29) is 32.9 Å². The van der Waals surface area contributed by atoms with Crippen molar-refractivity contribution in [1.29, 1.82) is 0 Å². The van der Waals surface area contributed by atoms with Gasteiger partial charge in [-0.3, -0.25) is 9.69 Å². The number of carbonyl (C=O) groups is 1. The maximum Gasteiger partial charge on any atom is 0.387 e. The van der Waals surface area contributed by atoms with E-state index in [0.717, 1.165) is 4.90 Å². The minimum Gasteiger partial charge on any atom is -0.493 e. The molecule has 0 aliphatic carbocycles. The Morgan fingerprint density at radius 2 is 1.78 bits per heavy atom. The summed E-state index contributed by atoms with van der Waals surface area (Å²) in [4.78, 5) is 12.6. The van der Waals surface area contributed by atoms with Crippen LogP contribution in [0.25, 0.3) is 0 Å². The Balaban J connectivity index is 2.52. The lowest BCUT2D eigenvalue weighted by atomic mass is 10.2. The van der Waals surface area contributed by atoms with Gasteiger partial charge in [-0.05, 0) is 24.3 Å². The number of benzene rings is 2. The molecule has 0 N–H and O–H groups in total. The van der Waals surface area contributed by atoms with E-state index in [4.69, 9.17) is 27.9 Å². The van der Waals surface area contributed by atoms with Crippen molar-refractivity contribution in [3.63, 3.8) is 0 Å². The van der Waals surface area contributed by atoms with Crippen LogP contribution in [0.3, 0.4) is 0 Å². The molecule has 2 aromatic carbocycles. The van der Waals surface area contributed by atoms with Gasteiger partial charge in [-0.1, -0.05) is 29.3 Å². The van der Waals surface area contributed by atoms with E-state index in [2.05, 4.69) is 4.74 Å². The number of ether oxygens (including phenoxy) is 2. The summed E-state index contributed by atoms with van der Waals surface area (Å²) in [5.41, 5.74) is 0.477. The topological polar surface area (TPSA) is 38.8 Å². The van der Waals surface area contributed by atoms with Crippen molar-refractivity contribution in [3.8, 4) is 11.5 Å². The highest BCUT2D eigenvalue weighted by Crippen LogP contribution is 2.40. The SMILES string of the molecule is COc1ccc(N(C=O)c2c(Cl)cccc2Cl)cc1OC(F)F. The van der Waals surface area contributed by atoms with Crippen LogP contribution in [0.4, 0.5) is 20.2 Å². The second-order valence-corrected chi connectivity index (χ2v) is 5.07. The van der Waals surface area contributed by atoms with Crippen LogP contribution >= 0.6 is 23.2 Å². The molecule has 8 heteroatoms. The molecule has 0 spiro atoms. The van der Waals surface area contributed by atoms with Gasteiger partial charge < -0.3 is 9.47 Å². The van der Waals surface area contributed by atoms with Crippen LogP contribution in [0.2, 0.25) is 10.0 Å². The Morgan fingerprint density at radius 1 is 1.13 bits per heavy atom. The molecule has 122 valence electrons. The second-order valence-electron chi connectivity index (χ2n) is 4.26. The molecular weight excluding hydrogens is 351 g/mol. The molecule has 0 radical (unpaired) electrons. The molecule has 0 aliphatic heterocycles. The molecule has 2 rings (SSSR count). The lowest BCUT2D eigenvalue weighted by Gasteiger charge is -2.21. The van der Waals surface area contributed by atoms with E-state index < -0.39 is 6.61 Å². The van der Waals surface area contributed by atoms with Crippen molar-refractivity contribution >= 4 is 41.0 Å². The van der Waals surface area contributed by atoms with Crippen molar-refractivity contribution < 1.29 is 23.0 Å². The largest absolute Gasteiger partial charge is 0.493 e. The van der Waals surface area contributed by atoms with E-state index in [1.54, 1.807) is 18.2 Å². The van der Waals surface area contributed by atoms with Crippen LogP contribution in [-0.4, -0.2) is 20.1 Å². The molecule has 0 unspecified atom stereocenters. The molecule has 0 aromatic heterocycles. The summed E-state index contributed by atoms with van der Waals surface area (Å²) < 4.78 is 34.4. The van der Waals surface area contributed by atoms with E-state index in [9.17, 15) is 13.6 Å². The highest BCUT2D eigenvalue weighted by Gasteiger charge is 2.19. The maximum absolute atomic E-state index is 12.5. The van der Waals surface area contributed by atoms with Gasteiger partial charge in [0.15, 0.2) is 11.5 Å². The smallest absolute Gasteiger partial charge is 0.387 e. The number of para-hydroxylation sites is 1. The Bertz CT molecular complexity index is 693. The fourth-order valence-corrected chi connectivity index (χ4v) is 2.54. The number of hydrogen-bond acceptors (Lipinski definition) is 3. The summed E-state index contributed by atoms with van der Waals surface area (Å²) in [7, 11) is 1.32. The fraction of sp³-hybridized carbons (Fsp3) is 0.133. The van der Waals surface area contributed by atoms with Gasteiger partial charge in [-0.15, -0.1) is 0 Å². The number of alkyl halides is 2. The monoisotopic (exact) mass is 361 g/mol. The summed E-state index contributed by atoms with van der Waals surface area (Å²) in [5, 5.41) is 0.466. The van der Waals surface area contributed by atoms with Crippen LogP contribution in [0.15, 0.2) is 36.4 Å². The summed E-state index contributed by atoms with van der Waals surface area (Å²) in [6, 6.07) is 8.85. The van der Waals surface area contributed by atoms with Gasteiger partial charge in [0.05, 0.1) is 28.5 Å². The third-order valence-electron chi connectivity index (χ3n) is 2.93. The first-order chi connectivity index (χ1) is 11.0. The zero-order valence-electron chi connectivity index (χ0n) is 11.8. The predicted octanol–water partition coefficient (Wildman–Crippen LogP) is 4.90. The zero-order chi connectivity index (χ0) is 17.0. The molecule has 0 bridgehead atoms. The van der Waals surface area contributed by atoms with Crippen LogP contribution in [-0.2, 0) is 4.79 Å². The van der Waals surface area contributed by atoms with Crippen molar-refractivity contribution in [2.45, 2.75) is 6.61 Å². The molecule has 1 amide bonds. The zero-order valence-corrected chi connectivity index (χ0v) is 13.3. The first kappa shape index (κ1) is 17.3. The number of amides is 1. The molecule has 23 heavy (non-hydrogen) atoms. The van der Waals surface area contributed by atoms with E-state index >= 15 is 0 Å². The fourth-order valence-electron chi connectivity index (χ4n) is 1.97. The van der Waals surface area contributed by atoms with Gasteiger partial charge in [0.2, 0.25) is 6.41 Å². The summed E-state index contributed by atoms with van der Waals surface area (Å²) in [5.74, 6) is -0.111. The normalized spacial score (nSPS) is 10.5. The number of carbonyl (C=O) groups excluding carboxylic acids is 1. The Hall–Kier alpha value is -2.05. The average molecular weight is 362 g/mol. The molecule has 0 saturated heterocycles. The first-order valence-corrected chi connectivity index (χ1v) is 7.05. The number of rotatable bonds is 6. The van der Waals surface area contributed by atoms with Crippen molar-refractivity contribution in [2.75, 3.05) is 12.0 Å². The Labute approximate surface area is 141 Å². The highest BCUT2D eigenvalue weighted by molar-refractivity contribution is 6.40. The van der Waals surface area contributed by atoms with E-state index in [1.165, 1.54) is 25.3 Å². The molecule has 0 fully saturated rings. The second kappa shape index (κ2) is 7.48. The number of nitrogens with zero attached hydrogens (tertiary/aromatic N) is 1. The third-order valence-corrected chi connectivity index (χ3v) is 3.54. The van der Waals surface area contributed by atoms with Crippen molar-refractivity contribution in [1.82, 2.24) is 0 Å². The number of methoxy groups -OCH3 is 1. The lowest BCUT2D eigenvalue weighted by Crippen LogP contribution is -2.15. The van der Waals surface area contributed by atoms with Gasteiger partial charge in [-0.2, -0.15) is 8.78 Å². The number of hydrogen-bond donors (Lipinski definition) is 0. The quantitative estimate of drug-likeness (QED) is 0.687. The van der Waals surface area contributed by atoms with E-state index in [1.807, 2.05) is 0 Å². The van der Waals surface area contributed by atoms with Crippen LogP contribution in [0.5, 0.6) is 11.5 Å². The summed E-state index contributed by atoms with van der Waals surface area (Å²) in [6.45, 7) is -3.03. The average Bonchev–Trinajstić information content (AvgIpc) is 2.50. The van der Waals surface area contributed by atoms with Crippen molar-refractivity contribution in [3.05, 3.63) is 46.4 Å². The molecule has 2 aromatic rings. The minimum atomic E-state index is -3.03.